The predicted molar refractivity (Wildman–Crippen MR) is 195 cm³/mol. The highest BCUT2D eigenvalue weighted by Crippen LogP contribution is 2.62. The molecule has 2 N–H and O–H groups in total. The first kappa shape index (κ1) is 30.7. The number of aliphatic imine (C=N–C) groups is 2. The topological polar surface area (TPSA) is 88.1 Å². The van der Waals surface area contributed by atoms with E-state index in [1.165, 1.54) is 33.4 Å². The lowest BCUT2D eigenvalue weighted by Crippen LogP contribution is -2.44. The van der Waals surface area contributed by atoms with Crippen LogP contribution in [0.3, 0.4) is 0 Å². The van der Waals surface area contributed by atoms with Crippen LogP contribution in [0.25, 0.3) is 22.3 Å². The molecule has 8 rings (SSSR count). The molecule has 2 amide bonds. The van der Waals surface area contributed by atoms with Gasteiger partial charge in [0.25, 0.3) is 0 Å². The average molecular weight is 643 g/mol. The first-order valence-corrected chi connectivity index (χ1v) is 16.8. The van der Waals surface area contributed by atoms with Crippen LogP contribution < -0.4 is 5.73 Å². The van der Waals surface area contributed by atoms with E-state index in [-0.39, 0.29) is 23.8 Å². The fraction of sp³-hybridized carbons (Fsp3) is 0.209. The molecule has 1 atom stereocenters. The van der Waals surface area contributed by atoms with E-state index in [4.69, 9.17) is 15.7 Å². The maximum atomic E-state index is 13.6. The van der Waals surface area contributed by atoms with Crippen molar-refractivity contribution >= 4 is 23.6 Å². The number of benzene rings is 5. The van der Waals surface area contributed by atoms with Gasteiger partial charge in [-0.2, -0.15) is 4.99 Å². The molecular formula is C43H38N4O2. The number of likely N-dealkylation sites (tertiary alicyclic amines) is 1. The van der Waals surface area contributed by atoms with Crippen molar-refractivity contribution in [1.82, 2.24) is 4.90 Å². The Morgan fingerprint density at radius 3 is 1.57 bits per heavy atom. The zero-order chi connectivity index (χ0) is 34.3. The SMILES string of the molecule is CC(N=C(N=C(N)N1C(=O)C(C)(C)C(C)(C)C1=O)c1ccc2c(c1)C1(c3ccccc3-c3ccccc31)c1ccccc1-2)c1ccccc1. The number of rotatable bonds is 3. The summed E-state index contributed by atoms with van der Waals surface area (Å²) in [7, 11) is 0. The van der Waals surface area contributed by atoms with Crippen molar-refractivity contribution in [3.8, 4) is 22.3 Å². The number of nitrogens with two attached hydrogens (primary N) is 1. The van der Waals surface area contributed by atoms with Crippen LogP contribution >= 0.6 is 0 Å². The Labute approximate surface area is 287 Å². The molecule has 0 saturated carbocycles. The molecule has 5 aromatic rings. The third-order valence-corrected chi connectivity index (χ3v) is 11.3. The highest BCUT2D eigenvalue weighted by molar-refractivity contribution is 6.22. The third kappa shape index (κ3) is 4.13. The number of amidine groups is 1. The molecule has 1 saturated heterocycles. The lowest BCUT2D eigenvalue weighted by Gasteiger charge is -2.30. The van der Waals surface area contributed by atoms with Crippen LogP contribution in [0.4, 0.5) is 0 Å². The van der Waals surface area contributed by atoms with Crippen LogP contribution in [-0.2, 0) is 15.0 Å². The Hall–Kier alpha value is -5.62. The summed E-state index contributed by atoms with van der Waals surface area (Å²) >= 11 is 0. The normalized spacial score (nSPS) is 18.7. The van der Waals surface area contributed by atoms with Gasteiger partial charge in [-0.1, -0.05) is 115 Å². The number of hydrogen-bond donors (Lipinski definition) is 1. The Kier molecular flexibility index (Phi) is 6.70. The van der Waals surface area contributed by atoms with Crippen molar-refractivity contribution < 1.29 is 9.59 Å². The summed E-state index contributed by atoms with van der Waals surface area (Å²) in [5.41, 5.74) is 15.5. The van der Waals surface area contributed by atoms with E-state index >= 15 is 0 Å². The standard InChI is InChI=1S/C43H38N4O2/c1-26(27-15-7-6-8-16-27)45-37(46-40(44)47-38(48)41(2,3)42(4,5)39(47)49)28-23-24-32-31-19-11-14-22-35(31)43(36(32)25-28)33-20-12-9-17-29(33)30-18-10-13-21-34(30)43/h6-26H,1-5H3,(H2,44,45,46). The molecule has 1 aliphatic heterocycles. The molecule has 2 aliphatic carbocycles. The van der Waals surface area contributed by atoms with Crippen LogP contribution in [0.2, 0.25) is 0 Å². The lowest BCUT2D eigenvalue weighted by molar-refractivity contribution is -0.136. The van der Waals surface area contributed by atoms with Crippen molar-refractivity contribution in [3.63, 3.8) is 0 Å². The monoisotopic (exact) mass is 642 g/mol. The lowest BCUT2D eigenvalue weighted by atomic mass is 9.70. The van der Waals surface area contributed by atoms with Crippen LogP contribution in [0.5, 0.6) is 0 Å². The Bertz CT molecular complexity index is 2170. The summed E-state index contributed by atoms with van der Waals surface area (Å²) in [4.78, 5) is 38.3. The van der Waals surface area contributed by atoms with Crippen LogP contribution in [-0.4, -0.2) is 28.5 Å². The van der Waals surface area contributed by atoms with Crippen molar-refractivity contribution in [2.45, 2.75) is 46.1 Å². The number of fused-ring (bicyclic) bond motifs is 10. The quantitative estimate of drug-likeness (QED) is 0.120. The van der Waals surface area contributed by atoms with E-state index < -0.39 is 16.2 Å². The molecule has 5 aromatic carbocycles. The molecule has 1 spiro atoms. The van der Waals surface area contributed by atoms with Crippen molar-refractivity contribution in [2.75, 3.05) is 0 Å². The Morgan fingerprint density at radius 1 is 0.612 bits per heavy atom. The van der Waals surface area contributed by atoms with Gasteiger partial charge in [-0.15, -0.1) is 0 Å². The second-order valence-corrected chi connectivity index (χ2v) is 14.4. The summed E-state index contributed by atoms with van der Waals surface area (Å²) in [5, 5.41) is 0. The third-order valence-electron chi connectivity index (χ3n) is 11.3. The largest absolute Gasteiger partial charge is 0.369 e. The molecule has 1 heterocycles. The second kappa shape index (κ2) is 10.7. The number of nitrogens with zero attached hydrogens (tertiary/aromatic N) is 3. The van der Waals surface area contributed by atoms with Gasteiger partial charge in [0.2, 0.25) is 17.8 Å². The molecule has 1 unspecified atom stereocenters. The van der Waals surface area contributed by atoms with Gasteiger partial charge in [0.1, 0.15) is 0 Å². The molecule has 1 fully saturated rings. The molecule has 3 aliphatic rings. The van der Waals surface area contributed by atoms with E-state index in [9.17, 15) is 9.59 Å². The van der Waals surface area contributed by atoms with Gasteiger partial charge in [-0.05, 0) is 90.8 Å². The van der Waals surface area contributed by atoms with Gasteiger partial charge in [0.15, 0.2) is 5.84 Å². The molecular weight excluding hydrogens is 604 g/mol. The first-order valence-electron chi connectivity index (χ1n) is 16.8. The second-order valence-electron chi connectivity index (χ2n) is 14.4. The molecule has 242 valence electrons. The van der Waals surface area contributed by atoms with E-state index in [2.05, 4.69) is 84.9 Å². The number of amides is 2. The van der Waals surface area contributed by atoms with Crippen LogP contribution in [0.15, 0.2) is 131 Å². The fourth-order valence-corrected chi connectivity index (χ4v) is 7.94. The molecule has 49 heavy (non-hydrogen) atoms. The maximum Gasteiger partial charge on any atom is 0.242 e. The van der Waals surface area contributed by atoms with E-state index in [1.54, 1.807) is 27.7 Å². The Balaban J connectivity index is 1.36. The molecule has 0 radical (unpaired) electrons. The smallest absolute Gasteiger partial charge is 0.242 e. The molecule has 6 heteroatoms. The number of carbonyl (C=O) groups is 2. The molecule has 6 nitrogen and oxygen atoms in total. The summed E-state index contributed by atoms with van der Waals surface area (Å²) in [6.45, 7) is 9.13. The van der Waals surface area contributed by atoms with Crippen LogP contribution in [0, 0.1) is 10.8 Å². The van der Waals surface area contributed by atoms with Gasteiger partial charge in [0.05, 0.1) is 22.3 Å². The predicted octanol–water partition coefficient (Wildman–Crippen LogP) is 8.27. The highest BCUT2D eigenvalue weighted by Gasteiger charge is 2.60. The minimum Gasteiger partial charge on any atom is -0.369 e. The first-order chi connectivity index (χ1) is 23.5. The Morgan fingerprint density at radius 2 is 1.06 bits per heavy atom. The zero-order valence-electron chi connectivity index (χ0n) is 28.4. The van der Waals surface area contributed by atoms with E-state index in [1.807, 2.05) is 43.3 Å². The number of hydrogen-bond acceptors (Lipinski definition) is 3. The van der Waals surface area contributed by atoms with Crippen molar-refractivity contribution in [3.05, 3.63) is 155 Å². The van der Waals surface area contributed by atoms with Crippen LogP contribution in [0.1, 0.15) is 74.0 Å². The number of imide groups is 1. The number of carbonyl (C=O) groups excluding carboxylic acids is 2. The minimum atomic E-state index is -0.951. The molecule has 0 aromatic heterocycles. The average Bonchev–Trinajstić information content (AvgIpc) is 3.62. The minimum absolute atomic E-state index is 0.178. The zero-order valence-corrected chi connectivity index (χ0v) is 28.4. The summed E-state index contributed by atoms with van der Waals surface area (Å²) < 4.78 is 0. The highest BCUT2D eigenvalue weighted by atomic mass is 16.2. The molecule has 0 bridgehead atoms. The van der Waals surface area contributed by atoms with Gasteiger partial charge in [-0.3, -0.25) is 14.6 Å². The van der Waals surface area contributed by atoms with Gasteiger partial charge >= 0.3 is 0 Å². The summed E-state index contributed by atoms with van der Waals surface area (Å²) in [6.07, 6.45) is 0. The van der Waals surface area contributed by atoms with E-state index in [0.29, 0.717) is 5.84 Å². The summed E-state index contributed by atoms with van der Waals surface area (Å²) in [6, 6.07) is 42.0. The van der Waals surface area contributed by atoms with Gasteiger partial charge in [-0.25, -0.2) is 4.90 Å². The maximum absolute atomic E-state index is 13.6. The summed E-state index contributed by atoms with van der Waals surface area (Å²) in [5.74, 6) is -0.573. The fourth-order valence-electron chi connectivity index (χ4n) is 7.94. The number of guanidine groups is 1. The van der Waals surface area contributed by atoms with Crippen molar-refractivity contribution in [1.29, 1.82) is 0 Å². The van der Waals surface area contributed by atoms with Gasteiger partial charge in [0, 0.05) is 5.56 Å². The van der Waals surface area contributed by atoms with Crippen molar-refractivity contribution in [2.24, 2.45) is 26.5 Å². The van der Waals surface area contributed by atoms with Gasteiger partial charge < -0.3 is 5.73 Å². The van der Waals surface area contributed by atoms with E-state index in [0.717, 1.165) is 27.2 Å².